The summed E-state index contributed by atoms with van der Waals surface area (Å²) in [6.07, 6.45) is 0.254. The lowest BCUT2D eigenvalue weighted by Gasteiger charge is -2.22. The molecule has 0 saturated carbocycles. The first-order chi connectivity index (χ1) is 8.81. The fourth-order valence-corrected chi connectivity index (χ4v) is 1.83. The standard InChI is InChI=1S/C11H15N3O5/c1-4-7(11(16)17)13(3)10(15)8-5-6-9(12(8)2)14(18)19/h5-7H,4H2,1-3H3,(H,16,17). The molecule has 104 valence electrons. The number of amides is 1. The molecule has 1 aromatic rings. The summed E-state index contributed by atoms with van der Waals surface area (Å²) in [4.78, 5) is 34.3. The molecule has 1 amide bonds. The predicted molar refractivity (Wildman–Crippen MR) is 65.9 cm³/mol. The summed E-state index contributed by atoms with van der Waals surface area (Å²) in [6, 6.07) is 1.57. The van der Waals surface area contributed by atoms with Gasteiger partial charge in [-0.25, -0.2) is 9.36 Å². The molecule has 1 N–H and O–H groups in total. The summed E-state index contributed by atoms with van der Waals surface area (Å²) >= 11 is 0. The van der Waals surface area contributed by atoms with Gasteiger partial charge < -0.3 is 20.1 Å². The Bertz CT molecular complexity index is 522. The highest BCUT2D eigenvalue weighted by Gasteiger charge is 2.30. The molecule has 1 rings (SSSR count). The molecule has 0 aromatic carbocycles. The number of aromatic nitrogens is 1. The molecule has 0 radical (unpaired) electrons. The van der Waals surface area contributed by atoms with E-state index in [0.29, 0.717) is 0 Å². The van der Waals surface area contributed by atoms with E-state index in [-0.39, 0.29) is 17.9 Å². The Morgan fingerprint density at radius 1 is 1.53 bits per heavy atom. The maximum Gasteiger partial charge on any atom is 0.326 e. The molecular weight excluding hydrogens is 254 g/mol. The molecule has 19 heavy (non-hydrogen) atoms. The number of carbonyl (C=O) groups is 2. The quantitative estimate of drug-likeness (QED) is 0.630. The molecule has 1 aromatic heterocycles. The first-order valence-electron chi connectivity index (χ1n) is 5.61. The minimum atomic E-state index is -1.11. The number of nitrogens with zero attached hydrogens (tertiary/aromatic N) is 3. The van der Waals surface area contributed by atoms with E-state index >= 15 is 0 Å². The zero-order chi connectivity index (χ0) is 14.7. The topological polar surface area (TPSA) is 106 Å². The highest BCUT2D eigenvalue weighted by Crippen LogP contribution is 2.17. The lowest BCUT2D eigenvalue weighted by molar-refractivity contribution is -0.391. The Balaban J connectivity index is 3.07. The van der Waals surface area contributed by atoms with Crippen LogP contribution in [-0.2, 0) is 11.8 Å². The molecule has 0 saturated heterocycles. The number of carboxylic acids is 1. The van der Waals surface area contributed by atoms with Crippen LogP contribution >= 0.6 is 0 Å². The molecule has 0 aliphatic carbocycles. The van der Waals surface area contributed by atoms with Gasteiger partial charge in [-0.15, -0.1) is 0 Å². The fourth-order valence-electron chi connectivity index (χ4n) is 1.83. The summed E-state index contributed by atoms with van der Waals surface area (Å²) in [5, 5.41) is 19.7. The minimum Gasteiger partial charge on any atom is -0.480 e. The van der Waals surface area contributed by atoms with Gasteiger partial charge >= 0.3 is 11.8 Å². The maximum absolute atomic E-state index is 12.1. The van der Waals surface area contributed by atoms with Crippen LogP contribution in [0.1, 0.15) is 23.8 Å². The third kappa shape index (κ3) is 2.72. The van der Waals surface area contributed by atoms with E-state index in [1.54, 1.807) is 6.92 Å². The second kappa shape index (κ2) is 5.51. The molecule has 1 heterocycles. The normalized spacial score (nSPS) is 11.9. The summed E-state index contributed by atoms with van der Waals surface area (Å²) < 4.78 is 1.13. The SMILES string of the molecule is CCC(C(=O)O)N(C)C(=O)c1ccc([N+](=O)[O-])n1C. The van der Waals surface area contributed by atoms with Crippen LogP contribution in [-0.4, -0.2) is 44.5 Å². The third-order valence-corrected chi connectivity index (χ3v) is 2.96. The van der Waals surface area contributed by atoms with Gasteiger partial charge in [0.05, 0.1) is 7.05 Å². The van der Waals surface area contributed by atoms with Crippen LogP contribution < -0.4 is 0 Å². The van der Waals surface area contributed by atoms with E-state index in [1.165, 1.54) is 26.2 Å². The van der Waals surface area contributed by atoms with Crippen molar-refractivity contribution in [2.24, 2.45) is 7.05 Å². The summed E-state index contributed by atoms with van der Waals surface area (Å²) in [6.45, 7) is 1.65. The van der Waals surface area contributed by atoms with Gasteiger partial charge in [-0.2, -0.15) is 0 Å². The average Bonchev–Trinajstić information content (AvgIpc) is 2.70. The lowest BCUT2D eigenvalue weighted by atomic mass is 10.2. The highest BCUT2D eigenvalue weighted by atomic mass is 16.6. The molecule has 1 unspecified atom stereocenters. The number of carboxylic acid groups (broad SMARTS) is 1. The second-order valence-corrected chi connectivity index (χ2v) is 4.07. The number of nitro groups is 1. The van der Waals surface area contributed by atoms with Crippen LogP contribution in [0.25, 0.3) is 0 Å². The molecule has 0 aliphatic rings. The Hall–Kier alpha value is -2.38. The monoisotopic (exact) mass is 269 g/mol. The number of hydrogen-bond acceptors (Lipinski definition) is 4. The highest BCUT2D eigenvalue weighted by molar-refractivity contribution is 5.95. The van der Waals surface area contributed by atoms with Gasteiger partial charge in [-0.3, -0.25) is 4.79 Å². The summed E-state index contributed by atoms with van der Waals surface area (Å²) in [7, 11) is 2.75. The van der Waals surface area contributed by atoms with Gasteiger partial charge in [-0.1, -0.05) is 6.92 Å². The van der Waals surface area contributed by atoms with Crippen molar-refractivity contribution in [3.05, 3.63) is 27.9 Å². The molecule has 0 bridgehead atoms. The van der Waals surface area contributed by atoms with E-state index in [1.807, 2.05) is 0 Å². The average molecular weight is 269 g/mol. The van der Waals surface area contributed by atoms with Gasteiger partial charge in [0.15, 0.2) is 5.69 Å². The zero-order valence-electron chi connectivity index (χ0n) is 10.9. The molecule has 0 aliphatic heterocycles. The number of rotatable bonds is 5. The van der Waals surface area contributed by atoms with Crippen molar-refractivity contribution in [1.29, 1.82) is 0 Å². The smallest absolute Gasteiger partial charge is 0.326 e. The number of likely N-dealkylation sites (N-methyl/N-ethyl adjacent to an activating group) is 1. The van der Waals surface area contributed by atoms with Crippen molar-refractivity contribution in [3.8, 4) is 0 Å². The maximum atomic E-state index is 12.1. The van der Waals surface area contributed by atoms with Crippen LogP contribution in [0, 0.1) is 10.1 Å². The first-order valence-corrected chi connectivity index (χ1v) is 5.61. The van der Waals surface area contributed by atoms with Gasteiger partial charge in [0.1, 0.15) is 6.04 Å². The largest absolute Gasteiger partial charge is 0.480 e. The molecule has 0 fully saturated rings. The predicted octanol–water partition coefficient (Wildman–Crippen LogP) is 0.868. The Labute approximate surface area is 109 Å². The number of aliphatic carboxylic acids is 1. The zero-order valence-corrected chi connectivity index (χ0v) is 10.9. The van der Waals surface area contributed by atoms with Crippen LogP contribution in [0.5, 0.6) is 0 Å². The van der Waals surface area contributed by atoms with E-state index < -0.39 is 22.8 Å². The van der Waals surface area contributed by atoms with Gasteiger partial charge in [-0.05, 0) is 17.4 Å². The van der Waals surface area contributed by atoms with Crippen LogP contribution in [0.2, 0.25) is 0 Å². The Kier molecular flexibility index (Phi) is 4.26. The molecule has 0 spiro atoms. The van der Waals surface area contributed by atoms with Crippen molar-refractivity contribution >= 4 is 17.7 Å². The van der Waals surface area contributed by atoms with E-state index in [4.69, 9.17) is 5.11 Å². The summed E-state index contributed by atoms with van der Waals surface area (Å²) in [5.74, 6) is -1.90. The summed E-state index contributed by atoms with van der Waals surface area (Å²) in [5.41, 5.74) is 0.0777. The second-order valence-electron chi connectivity index (χ2n) is 4.07. The van der Waals surface area contributed by atoms with Gasteiger partial charge in [0.2, 0.25) is 0 Å². The number of hydrogen-bond donors (Lipinski definition) is 1. The van der Waals surface area contributed by atoms with Crippen molar-refractivity contribution in [2.45, 2.75) is 19.4 Å². The first kappa shape index (κ1) is 14.7. The van der Waals surface area contributed by atoms with Crippen molar-refractivity contribution in [1.82, 2.24) is 9.47 Å². The van der Waals surface area contributed by atoms with Crippen LogP contribution in [0.15, 0.2) is 12.1 Å². The lowest BCUT2D eigenvalue weighted by Crippen LogP contribution is -2.42. The van der Waals surface area contributed by atoms with Gasteiger partial charge in [0, 0.05) is 13.1 Å². The van der Waals surface area contributed by atoms with E-state index in [2.05, 4.69) is 0 Å². The fraction of sp³-hybridized carbons (Fsp3) is 0.455. The van der Waals surface area contributed by atoms with Crippen LogP contribution in [0.4, 0.5) is 5.82 Å². The third-order valence-electron chi connectivity index (χ3n) is 2.96. The molecule has 8 nitrogen and oxygen atoms in total. The molecule has 1 atom stereocenters. The van der Waals surface area contributed by atoms with Gasteiger partial charge in [0.25, 0.3) is 5.91 Å². The number of carbonyl (C=O) groups excluding carboxylic acids is 1. The van der Waals surface area contributed by atoms with E-state index in [0.717, 1.165) is 9.47 Å². The van der Waals surface area contributed by atoms with E-state index in [9.17, 15) is 19.7 Å². The molecule has 8 heteroatoms. The Morgan fingerprint density at radius 3 is 2.47 bits per heavy atom. The van der Waals surface area contributed by atoms with Crippen molar-refractivity contribution in [3.63, 3.8) is 0 Å². The van der Waals surface area contributed by atoms with Crippen LogP contribution in [0.3, 0.4) is 0 Å². The molecular formula is C11H15N3O5. The van der Waals surface area contributed by atoms with Crippen molar-refractivity contribution < 1.29 is 19.6 Å². The minimum absolute atomic E-state index is 0.0777. The Morgan fingerprint density at radius 2 is 2.11 bits per heavy atom. The van der Waals surface area contributed by atoms with Crippen molar-refractivity contribution in [2.75, 3.05) is 7.05 Å².